The second kappa shape index (κ2) is 6.61. The van der Waals surface area contributed by atoms with Crippen LogP contribution in [0.3, 0.4) is 0 Å². The van der Waals surface area contributed by atoms with Gasteiger partial charge in [0.05, 0.1) is 19.9 Å². The molecular weight excluding hydrogens is 316 g/mol. The zero-order valence-corrected chi connectivity index (χ0v) is 13.5. The molecule has 0 saturated carbocycles. The van der Waals surface area contributed by atoms with Gasteiger partial charge in [-0.2, -0.15) is 4.98 Å². The van der Waals surface area contributed by atoms with Gasteiger partial charge in [-0.25, -0.2) is 4.68 Å². The third kappa shape index (κ3) is 3.34. The first-order chi connectivity index (χ1) is 11.1. The lowest BCUT2D eigenvalue weighted by atomic mass is 10.2. The highest BCUT2D eigenvalue weighted by Crippen LogP contribution is 2.20. The van der Waals surface area contributed by atoms with Gasteiger partial charge in [-0.15, -0.1) is 0 Å². The third-order valence-corrected chi connectivity index (χ3v) is 4.22. The summed E-state index contributed by atoms with van der Waals surface area (Å²) >= 11 is 5.28. The number of aliphatic hydroxyl groups is 1. The standard InChI is InChI=1S/C15H18N4O3S/c1-22-14(21)12-7-11(20)8-18(12)9-19-15(23)16-13(17-19)10-5-3-2-4-6-10/h2-6,11-12,20H,7-9H2,1H3,(H,16,17,23)/t11-,12-/m0/s1. The largest absolute Gasteiger partial charge is 0.468 e. The SMILES string of the molecule is COC(=O)[C@@H]1C[C@H](O)CN1Cn1[nH]c(-c2ccccc2)nc1=S. The lowest BCUT2D eigenvalue weighted by molar-refractivity contribution is -0.146. The van der Waals surface area contributed by atoms with Crippen LogP contribution in [0.2, 0.25) is 0 Å². The first kappa shape index (κ1) is 15.9. The maximum Gasteiger partial charge on any atom is 0.323 e. The Kier molecular flexibility index (Phi) is 4.56. The number of aliphatic hydroxyl groups excluding tert-OH is 1. The molecule has 0 spiro atoms. The zero-order chi connectivity index (χ0) is 16.4. The number of esters is 1. The number of methoxy groups -OCH3 is 1. The van der Waals surface area contributed by atoms with Crippen molar-refractivity contribution in [2.75, 3.05) is 13.7 Å². The zero-order valence-electron chi connectivity index (χ0n) is 12.7. The van der Waals surface area contributed by atoms with E-state index in [0.29, 0.717) is 30.2 Å². The summed E-state index contributed by atoms with van der Waals surface area (Å²) in [6.45, 7) is 0.733. The molecule has 1 saturated heterocycles. The number of H-pyrrole nitrogens is 1. The van der Waals surface area contributed by atoms with E-state index in [2.05, 4.69) is 10.1 Å². The van der Waals surface area contributed by atoms with Gasteiger partial charge in [0.25, 0.3) is 0 Å². The van der Waals surface area contributed by atoms with Crippen LogP contribution in [-0.4, -0.2) is 56.5 Å². The lowest BCUT2D eigenvalue weighted by Crippen LogP contribution is -2.38. The fraction of sp³-hybridized carbons (Fsp3) is 0.400. The molecule has 1 aromatic carbocycles. The predicted octanol–water partition coefficient (Wildman–Crippen LogP) is 1.17. The van der Waals surface area contributed by atoms with E-state index in [-0.39, 0.29) is 5.97 Å². The average Bonchev–Trinajstić information content (AvgIpc) is 3.11. The summed E-state index contributed by atoms with van der Waals surface area (Å²) in [7, 11) is 1.35. The van der Waals surface area contributed by atoms with Gasteiger partial charge in [0.15, 0.2) is 5.82 Å². The van der Waals surface area contributed by atoms with Crippen LogP contribution in [0.4, 0.5) is 0 Å². The molecule has 2 atom stereocenters. The minimum absolute atomic E-state index is 0.343. The highest BCUT2D eigenvalue weighted by Gasteiger charge is 2.37. The normalized spacial score (nSPS) is 21.5. The van der Waals surface area contributed by atoms with E-state index in [9.17, 15) is 9.90 Å². The molecule has 1 aliphatic rings. The molecule has 0 amide bonds. The fourth-order valence-electron chi connectivity index (χ4n) is 2.78. The van der Waals surface area contributed by atoms with Crippen molar-refractivity contribution in [2.24, 2.45) is 0 Å². The molecular formula is C15H18N4O3S. The molecule has 0 unspecified atom stereocenters. The lowest BCUT2D eigenvalue weighted by Gasteiger charge is -2.21. The van der Waals surface area contributed by atoms with Gasteiger partial charge >= 0.3 is 5.97 Å². The summed E-state index contributed by atoms with van der Waals surface area (Å²) in [6.07, 6.45) is -0.190. The number of likely N-dealkylation sites (tertiary alicyclic amines) is 1. The number of carbonyl (C=O) groups excluding carboxylic acids is 1. The Morgan fingerprint density at radius 1 is 1.48 bits per heavy atom. The number of hydrogen-bond acceptors (Lipinski definition) is 6. The van der Waals surface area contributed by atoms with Crippen molar-refractivity contribution < 1.29 is 14.6 Å². The van der Waals surface area contributed by atoms with Crippen molar-refractivity contribution in [1.82, 2.24) is 19.7 Å². The Morgan fingerprint density at radius 3 is 2.91 bits per heavy atom. The minimum Gasteiger partial charge on any atom is -0.468 e. The highest BCUT2D eigenvalue weighted by atomic mass is 32.1. The van der Waals surface area contributed by atoms with Gasteiger partial charge in [0.1, 0.15) is 6.04 Å². The maximum absolute atomic E-state index is 11.8. The van der Waals surface area contributed by atoms with Crippen LogP contribution in [0.15, 0.2) is 30.3 Å². The van der Waals surface area contributed by atoms with E-state index in [1.165, 1.54) is 7.11 Å². The molecule has 8 heteroatoms. The minimum atomic E-state index is -0.551. The van der Waals surface area contributed by atoms with Crippen molar-refractivity contribution in [1.29, 1.82) is 0 Å². The van der Waals surface area contributed by atoms with Gasteiger partial charge in [0.2, 0.25) is 4.77 Å². The summed E-state index contributed by atoms with van der Waals surface area (Å²) < 4.78 is 6.89. The molecule has 3 rings (SSSR count). The van der Waals surface area contributed by atoms with Crippen LogP contribution in [0, 0.1) is 4.77 Å². The Balaban J connectivity index is 1.82. The Hall–Kier alpha value is -2.03. The number of aromatic nitrogens is 3. The Bertz CT molecular complexity index is 743. The summed E-state index contributed by atoms with van der Waals surface area (Å²) in [5.74, 6) is 0.320. The molecule has 0 aliphatic carbocycles. The summed E-state index contributed by atoms with van der Waals surface area (Å²) in [6, 6.07) is 9.19. The van der Waals surface area contributed by atoms with Crippen LogP contribution in [-0.2, 0) is 16.2 Å². The summed E-state index contributed by atoms with van der Waals surface area (Å²) in [5.41, 5.74) is 0.934. The van der Waals surface area contributed by atoms with E-state index in [1.807, 2.05) is 35.2 Å². The molecule has 23 heavy (non-hydrogen) atoms. The van der Waals surface area contributed by atoms with Crippen LogP contribution >= 0.6 is 12.2 Å². The summed E-state index contributed by atoms with van der Waals surface area (Å²) in [4.78, 5) is 18.0. The van der Waals surface area contributed by atoms with E-state index in [0.717, 1.165) is 5.56 Å². The molecule has 2 heterocycles. The first-order valence-corrected chi connectivity index (χ1v) is 7.71. The smallest absolute Gasteiger partial charge is 0.323 e. The fourth-order valence-corrected chi connectivity index (χ4v) is 2.97. The number of rotatable bonds is 4. The Morgan fingerprint density at radius 2 is 2.22 bits per heavy atom. The molecule has 1 aromatic heterocycles. The number of benzene rings is 1. The van der Waals surface area contributed by atoms with Gasteiger partial charge < -0.3 is 9.84 Å². The Labute approximate surface area is 138 Å². The number of hydrogen-bond donors (Lipinski definition) is 2. The highest BCUT2D eigenvalue weighted by molar-refractivity contribution is 7.71. The van der Waals surface area contributed by atoms with E-state index in [4.69, 9.17) is 17.0 Å². The molecule has 2 aromatic rings. The second-order valence-electron chi connectivity index (χ2n) is 5.49. The van der Waals surface area contributed by atoms with Crippen LogP contribution in [0.1, 0.15) is 6.42 Å². The molecule has 0 bridgehead atoms. The molecule has 122 valence electrons. The van der Waals surface area contributed by atoms with E-state index < -0.39 is 12.1 Å². The number of nitrogens with one attached hydrogen (secondary N) is 1. The molecule has 1 fully saturated rings. The van der Waals surface area contributed by atoms with Gasteiger partial charge in [-0.3, -0.25) is 14.8 Å². The molecule has 0 radical (unpaired) electrons. The molecule has 2 N–H and O–H groups in total. The average molecular weight is 334 g/mol. The quantitative estimate of drug-likeness (QED) is 0.645. The number of carbonyl (C=O) groups is 1. The maximum atomic E-state index is 11.8. The molecule has 7 nitrogen and oxygen atoms in total. The van der Waals surface area contributed by atoms with Crippen molar-refractivity contribution in [3.63, 3.8) is 0 Å². The van der Waals surface area contributed by atoms with Crippen molar-refractivity contribution in [2.45, 2.75) is 25.2 Å². The third-order valence-electron chi connectivity index (χ3n) is 3.90. The van der Waals surface area contributed by atoms with E-state index in [1.54, 1.807) is 4.68 Å². The number of β-amino-alcohol motifs (C(OH)–C–C–N with tert-alkyl or cyclic N) is 1. The van der Waals surface area contributed by atoms with Crippen LogP contribution in [0.5, 0.6) is 0 Å². The molecule has 1 aliphatic heterocycles. The number of aromatic amines is 1. The van der Waals surface area contributed by atoms with Crippen LogP contribution < -0.4 is 0 Å². The van der Waals surface area contributed by atoms with Gasteiger partial charge in [-0.05, 0) is 12.2 Å². The van der Waals surface area contributed by atoms with Crippen molar-refractivity contribution >= 4 is 18.2 Å². The first-order valence-electron chi connectivity index (χ1n) is 7.30. The van der Waals surface area contributed by atoms with Crippen LogP contribution in [0.25, 0.3) is 11.4 Å². The number of nitrogens with zero attached hydrogens (tertiary/aromatic N) is 3. The van der Waals surface area contributed by atoms with Crippen molar-refractivity contribution in [3.05, 3.63) is 35.1 Å². The topological polar surface area (TPSA) is 83.4 Å². The van der Waals surface area contributed by atoms with Crippen molar-refractivity contribution in [3.8, 4) is 11.4 Å². The van der Waals surface area contributed by atoms with Gasteiger partial charge in [0, 0.05) is 18.5 Å². The number of ether oxygens (including phenoxy) is 1. The second-order valence-corrected chi connectivity index (χ2v) is 5.86. The summed E-state index contributed by atoms with van der Waals surface area (Å²) in [5, 5.41) is 13.0. The predicted molar refractivity (Wildman–Crippen MR) is 86.0 cm³/mol. The monoisotopic (exact) mass is 334 g/mol. The van der Waals surface area contributed by atoms with Gasteiger partial charge in [-0.1, -0.05) is 30.3 Å². The van der Waals surface area contributed by atoms with E-state index >= 15 is 0 Å².